The lowest BCUT2D eigenvalue weighted by Gasteiger charge is -2.29. The summed E-state index contributed by atoms with van der Waals surface area (Å²) in [5, 5.41) is 13.1. The number of fused-ring (bicyclic) bond motifs is 3. The van der Waals surface area contributed by atoms with Crippen LogP contribution in [-0.2, 0) is 18.3 Å². The molecule has 10 nitrogen and oxygen atoms in total. The maximum absolute atomic E-state index is 12.4. The Morgan fingerprint density at radius 2 is 2.00 bits per heavy atom. The molecule has 1 aliphatic rings. The van der Waals surface area contributed by atoms with E-state index in [1.54, 1.807) is 13.1 Å². The number of nitrogens with one attached hydrogen (secondary N) is 3. The molecule has 3 heterocycles. The number of amides is 2. The second-order valence-corrected chi connectivity index (χ2v) is 7.17. The molecular weight excluding hydrogens is 398 g/mol. The molecular formula is C21H23N7O3. The van der Waals surface area contributed by atoms with E-state index in [0.717, 1.165) is 28.2 Å². The molecule has 0 spiro atoms. The number of benzene rings is 1. The topological polar surface area (TPSA) is 113 Å². The number of ether oxygens (including phenoxy) is 1. The summed E-state index contributed by atoms with van der Waals surface area (Å²) in [6.45, 7) is 0.711. The maximum Gasteiger partial charge on any atom is 0.412 e. The number of aryl methyl sites for hydroxylation is 1. The first kappa shape index (κ1) is 20.2. The van der Waals surface area contributed by atoms with Gasteiger partial charge < -0.3 is 20.3 Å². The zero-order chi connectivity index (χ0) is 22.1. The molecule has 160 valence electrons. The van der Waals surface area contributed by atoms with Gasteiger partial charge in [-0.2, -0.15) is 5.10 Å². The fourth-order valence-corrected chi connectivity index (χ4v) is 3.70. The molecule has 0 radical (unpaired) electrons. The molecule has 3 N–H and O–H groups in total. The molecule has 4 rings (SSSR count). The normalized spacial score (nSPS) is 11.9. The minimum absolute atomic E-state index is 0.257. The van der Waals surface area contributed by atoms with Crippen molar-refractivity contribution in [2.24, 2.45) is 7.05 Å². The number of anilines is 4. The van der Waals surface area contributed by atoms with Gasteiger partial charge in [0, 0.05) is 57.3 Å². The number of carbonyl (C=O) groups is 2. The summed E-state index contributed by atoms with van der Waals surface area (Å²) >= 11 is 0. The van der Waals surface area contributed by atoms with Crippen molar-refractivity contribution in [3.63, 3.8) is 0 Å². The number of pyridine rings is 1. The molecule has 0 saturated heterocycles. The van der Waals surface area contributed by atoms with Crippen LogP contribution in [0, 0.1) is 0 Å². The van der Waals surface area contributed by atoms with E-state index in [4.69, 9.17) is 0 Å². The summed E-state index contributed by atoms with van der Waals surface area (Å²) in [6, 6.07) is 7.49. The molecule has 31 heavy (non-hydrogen) atoms. The minimum Gasteiger partial charge on any atom is -0.453 e. The van der Waals surface area contributed by atoms with Crippen molar-refractivity contribution in [3.05, 3.63) is 47.8 Å². The van der Waals surface area contributed by atoms with E-state index >= 15 is 0 Å². The summed E-state index contributed by atoms with van der Waals surface area (Å²) in [5.74, 6) is -0.0445. The van der Waals surface area contributed by atoms with Gasteiger partial charge in [-0.1, -0.05) is 12.1 Å². The standard InChI is InChI=1S/C21H23N7O3/c1-22-20(29)14-9-23-17(25-21(30)31-4)8-16(14)24-15-7-5-6-13-18-12(11-28(3)26-18)10-27(2)19(13)15/h5-9,11H,10H2,1-4H3,(H,22,29)(H2,23,24,25,30). The fourth-order valence-electron chi connectivity index (χ4n) is 3.70. The van der Waals surface area contributed by atoms with Gasteiger partial charge in [0.1, 0.15) is 5.82 Å². The van der Waals surface area contributed by atoms with Crippen molar-refractivity contribution in [2.45, 2.75) is 6.54 Å². The zero-order valence-electron chi connectivity index (χ0n) is 17.7. The van der Waals surface area contributed by atoms with Gasteiger partial charge in [-0.15, -0.1) is 0 Å². The van der Waals surface area contributed by atoms with Crippen LogP contribution in [0.2, 0.25) is 0 Å². The van der Waals surface area contributed by atoms with Gasteiger partial charge in [0.15, 0.2) is 0 Å². The molecule has 10 heteroatoms. The lowest BCUT2D eigenvalue weighted by atomic mass is 9.99. The van der Waals surface area contributed by atoms with E-state index < -0.39 is 6.09 Å². The van der Waals surface area contributed by atoms with E-state index in [9.17, 15) is 9.59 Å². The smallest absolute Gasteiger partial charge is 0.412 e. The summed E-state index contributed by atoms with van der Waals surface area (Å²) < 4.78 is 6.44. The van der Waals surface area contributed by atoms with Crippen molar-refractivity contribution >= 4 is 34.9 Å². The number of carbonyl (C=O) groups excluding carboxylic acids is 2. The van der Waals surface area contributed by atoms with Gasteiger partial charge in [-0.25, -0.2) is 9.78 Å². The molecule has 0 aliphatic carbocycles. The molecule has 0 saturated carbocycles. The Kier molecular flexibility index (Phi) is 5.20. The van der Waals surface area contributed by atoms with Crippen LogP contribution in [-0.4, -0.2) is 48.0 Å². The number of hydrogen-bond acceptors (Lipinski definition) is 7. The monoisotopic (exact) mass is 421 g/mol. The number of aromatic nitrogens is 3. The Labute approximate surface area is 179 Å². The van der Waals surface area contributed by atoms with Crippen molar-refractivity contribution in [3.8, 4) is 11.3 Å². The molecule has 3 aromatic rings. The van der Waals surface area contributed by atoms with Crippen LogP contribution in [0.15, 0.2) is 36.7 Å². The number of methoxy groups -OCH3 is 1. The second-order valence-electron chi connectivity index (χ2n) is 7.17. The minimum atomic E-state index is -0.648. The Balaban J connectivity index is 1.78. The summed E-state index contributed by atoms with van der Waals surface area (Å²) in [6.07, 6.45) is 2.78. The molecule has 0 atom stereocenters. The van der Waals surface area contributed by atoms with Crippen LogP contribution >= 0.6 is 0 Å². The predicted molar refractivity (Wildman–Crippen MR) is 118 cm³/mol. The molecule has 0 bridgehead atoms. The molecule has 0 fully saturated rings. The SMILES string of the molecule is CNC(=O)c1cnc(NC(=O)OC)cc1Nc1cccc2c1N(C)Cc1cn(C)nc1-2. The third-order valence-electron chi connectivity index (χ3n) is 5.05. The van der Waals surface area contributed by atoms with Crippen molar-refractivity contribution in [1.82, 2.24) is 20.1 Å². The van der Waals surface area contributed by atoms with E-state index in [-0.39, 0.29) is 11.7 Å². The lowest BCUT2D eigenvalue weighted by molar-refractivity contribution is 0.0963. The summed E-state index contributed by atoms with van der Waals surface area (Å²) in [5.41, 5.74) is 5.69. The third-order valence-corrected chi connectivity index (χ3v) is 5.05. The highest BCUT2D eigenvalue weighted by atomic mass is 16.5. The Hall–Kier alpha value is -4.08. The van der Waals surface area contributed by atoms with Crippen molar-refractivity contribution in [1.29, 1.82) is 0 Å². The quantitative estimate of drug-likeness (QED) is 0.594. The van der Waals surface area contributed by atoms with Crippen LogP contribution in [0.3, 0.4) is 0 Å². The predicted octanol–water partition coefficient (Wildman–Crippen LogP) is 2.71. The molecule has 0 unspecified atom stereocenters. The zero-order valence-corrected chi connectivity index (χ0v) is 17.7. The number of hydrogen-bond donors (Lipinski definition) is 3. The third kappa shape index (κ3) is 3.75. The highest BCUT2D eigenvalue weighted by Gasteiger charge is 2.25. The largest absolute Gasteiger partial charge is 0.453 e. The van der Waals surface area contributed by atoms with Crippen LogP contribution in [0.4, 0.5) is 27.7 Å². The first-order valence-electron chi connectivity index (χ1n) is 9.62. The highest BCUT2D eigenvalue weighted by Crippen LogP contribution is 2.43. The van der Waals surface area contributed by atoms with Gasteiger partial charge in [0.25, 0.3) is 5.91 Å². The van der Waals surface area contributed by atoms with E-state index in [0.29, 0.717) is 17.8 Å². The fraction of sp³-hybridized carbons (Fsp3) is 0.238. The molecule has 2 aromatic heterocycles. The first-order chi connectivity index (χ1) is 14.9. The Morgan fingerprint density at radius 1 is 1.19 bits per heavy atom. The van der Waals surface area contributed by atoms with Crippen molar-refractivity contribution in [2.75, 3.05) is 36.7 Å². The molecule has 1 aliphatic heterocycles. The summed E-state index contributed by atoms with van der Waals surface area (Å²) in [7, 11) is 6.73. The van der Waals surface area contributed by atoms with Gasteiger partial charge >= 0.3 is 6.09 Å². The van der Waals surface area contributed by atoms with E-state index in [2.05, 4.69) is 35.7 Å². The Morgan fingerprint density at radius 3 is 2.74 bits per heavy atom. The summed E-state index contributed by atoms with van der Waals surface area (Å²) in [4.78, 5) is 30.3. The van der Waals surface area contributed by atoms with E-state index in [1.165, 1.54) is 13.3 Å². The van der Waals surface area contributed by atoms with Crippen LogP contribution < -0.4 is 20.9 Å². The average Bonchev–Trinajstić information content (AvgIpc) is 3.13. The van der Waals surface area contributed by atoms with Crippen LogP contribution in [0.5, 0.6) is 0 Å². The maximum atomic E-state index is 12.4. The number of rotatable bonds is 4. The average molecular weight is 421 g/mol. The first-order valence-corrected chi connectivity index (χ1v) is 9.62. The van der Waals surface area contributed by atoms with Gasteiger partial charge in [-0.3, -0.25) is 14.8 Å². The van der Waals surface area contributed by atoms with Crippen LogP contribution in [0.1, 0.15) is 15.9 Å². The molecule has 1 aromatic carbocycles. The van der Waals surface area contributed by atoms with Gasteiger partial charge in [0.2, 0.25) is 0 Å². The van der Waals surface area contributed by atoms with Gasteiger partial charge in [-0.05, 0) is 6.07 Å². The van der Waals surface area contributed by atoms with E-state index in [1.807, 2.05) is 43.2 Å². The van der Waals surface area contributed by atoms with Gasteiger partial charge in [0.05, 0.1) is 35.4 Å². The second kappa shape index (κ2) is 7.98. The Bertz CT molecular complexity index is 1170. The van der Waals surface area contributed by atoms with Crippen molar-refractivity contribution < 1.29 is 14.3 Å². The number of para-hydroxylation sites is 1. The lowest BCUT2D eigenvalue weighted by Crippen LogP contribution is -2.23. The van der Waals surface area contributed by atoms with Crippen LogP contribution in [0.25, 0.3) is 11.3 Å². The molecule has 2 amide bonds. The highest BCUT2D eigenvalue weighted by molar-refractivity contribution is 6.02. The number of nitrogens with zero attached hydrogens (tertiary/aromatic N) is 4.